The molecule has 0 atom stereocenters. The first-order valence-corrected chi connectivity index (χ1v) is 6.88. The number of hydrogen-bond acceptors (Lipinski definition) is 4. The average Bonchev–Trinajstić information content (AvgIpc) is 2.47. The first-order valence-electron chi connectivity index (χ1n) is 6.51. The minimum absolute atomic E-state index is 0.437. The number of rotatable bonds is 5. The van der Waals surface area contributed by atoms with Gasteiger partial charge in [-0.05, 0) is 35.9 Å². The van der Waals surface area contributed by atoms with Gasteiger partial charge in [-0.3, -0.25) is 5.43 Å². The summed E-state index contributed by atoms with van der Waals surface area (Å²) in [6.45, 7) is 0. The maximum absolute atomic E-state index is 5.78. The summed E-state index contributed by atoms with van der Waals surface area (Å²) in [5.74, 6) is 0.613. The van der Waals surface area contributed by atoms with Crippen molar-refractivity contribution in [2.24, 2.45) is 5.10 Å². The Bertz CT molecular complexity index is 633. The van der Waals surface area contributed by atoms with Crippen molar-refractivity contribution in [3.8, 4) is 0 Å². The fourth-order valence-corrected chi connectivity index (χ4v) is 1.82. The minimum Gasteiger partial charge on any atom is -0.378 e. The van der Waals surface area contributed by atoms with Crippen LogP contribution in [0.4, 0.5) is 11.5 Å². The number of pyridine rings is 1. The van der Waals surface area contributed by atoms with Crippen molar-refractivity contribution in [2.75, 3.05) is 24.4 Å². The first-order chi connectivity index (χ1) is 10.1. The van der Waals surface area contributed by atoms with Crippen molar-refractivity contribution in [3.05, 3.63) is 59.3 Å². The molecule has 1 N–H and O–H groups in total. The van der Waals surface area contributed by atoms with Gasteiger partial charge in [0.2, 0.25) is 0 Å². The highest BCUT2D eigenvalue weighted by atomic mass is 35.5. The van der Waals surface area contributed by atoms with Gasteiger partial charge in [0.25, 0.3) is 0 Å². The van der Waals surface area contributed by atoms with Crippen molar-refractivity contribution in [1.82, 2.24) is 4.98 Å². The molecular formula is C16H17ClN4. The van der Waals surface area contributed by atoms with Crippen LogP contribution in [0.5, 0.6) is 0 Å². The van der Waals surface area contributed by atoms with Gasteiger partial charge in [0, 0.05) is 26.0 Å². The monoisotopic (exact) mass is 300 g/mol. The Morgan fingerprint density at radius 2 is 1.90 bits per heavy atom. The zero-order valence-electron chi connectivity index (χ0n) is 12.0. The van der Waals surface area contributed by atoms with Gasteiger partial charge in [-0.2, -0.15) is 5.10 Å². The van der Waals surface area contributed by atoms with Gasteiger partial charge in [-0.25, -0.2) is 4.98 Å². The fourth-order valence-electron chi connectivity index (χ4n) is 1.65. The maximum atomic E-state index is 5.78. The number of nitrogens with zero attached hydrogens (tertiary/aromatic N) is 3. The Labute approximate surface area is 129 Å². The Morgan fingerprint density at radius 1 is 1.14 bits per heavy atom. The van der Waals surface area contributed by atoms with Crippen LogP contribution in [0.15, 0.2) is 53.6 Å². The molecular weight excluding hydrogens is 284 g/mol. The van der Waals surface area contributed by atoms with Crippen LogP contribution in [0, 0.1) is 0 Å². The van der Waals surface area contributed by atoms with Crippen molar-refractivity contribution in [3.63, 3.8) is 0 Å². The second-order valence-electron chi connectivity index (χ2n) is 4.58. The molecule has 1 aromatic carbocycles. The molecule has 2 aromatic rings. The summed E-state index contributed by atoms with van der Waals surface area (Å²) in [5.41, 5.74) is 5.11. The van der Waals surface area contributed by atoms with Crippen LogP contribution < -0.4 is 10.3 Å². The molecule has 4 nitrogen and oxygen atoms in total. The van der Waals surface area contributed by atoms with Crippen LogP contribution in [0.25, 0.3) is 6.08 Å². The van der Waals surface area contributed by atoms with Gasteiger partial charge in [0.05, 0.1) is 0 Å². The van der Waals surface area contributed by atoms with Gasteiger partial charge in [0.1, 0.15) is 11.0 Å². The summed E-state index contributed by atoms with van der Waals surface area (Å²) in [4.78, 5) is 6.13. The molecule has 0 saturated carbocycles. The lowest BCUT2D eigenvalue weighted by atomic mass is 10.2. The largest absolute Gasteiger partial charge is 0.378 e. The number of allylic oxidation sites excluding steroid dienone is 1. The Hall–Kier alpha value is -2.33. The van der Waals surface area contributed by atoms with Crippen LogP contribution >= 0.6 is 11.6 Å². The topological polar surface area (TPSA) is 40.5 Å². The molecule has 0 aliphatic heterocycles. The molecule has 0 unspecified atom stereocenters. The maximum Gasteiger partial charge on any atom is 0.147 e. The van der Waals surface area contributed by atoms with Crippen LogP contribution in [-0.4, -0.2) is 25.3 Å². The third-order valence-corrected chi connectivity index (χ3v) is 2.96. The molecule has 2 rings (SSSR count). The predicted molar refractivity (Wildman–Crippen MR) is 91.2 cm³/mol. The molecule has 0 aliphatic carbocycles. The average molecular weight is 301 g/mol. The fraction of sp³-hybridized carbons (Fsp3) is 0.125. The number of hydrogen-bond donors (Lipinski definition) is 1. The van der Waals surface area contributed by atoms with Gasteiger partial charge in [-0.15, -0.1) is 0 Å². The predicted octanol–water partition coefficient (Wildman–Crippen LogP) is 3.91. The zero-order valence-corrected chi connectivity index (χ0v) is 12.7. The van der Waals surface area contributed by atoms with E-state index < -0.39 is 0 Å². The molecule has 1 heterocycles. The van der Waals surface area contributed by atoms with E-state index in [2.05, 4.69) is 44.7 Å². The number of hydrazone groups is 1. The molecule has 21 heavy (non-hydrogen) atoms. The minimum atomic E-state index is 0.437. The molecule has 108 valence electrons. The highest BCUT2D eigenvalue weighted by molar-refractivity contribution is 6.29. The third-order valence-electron chi connectivity index (χ3n) is 2.75. The van der Waals surface area contributed by atoms with E-state index in [4.69, 9.17) is 11.6 Å². The quantitative estimate of drug-likeness (QED) is 0.517. The number of benzene rings is 1. The van der Waals surface area contributed by atoms with E-state index in [9.17, 15) is 0 Å². The molecule has 0 amide bonds. The molecule has 1 aromatic heterocycles. The van der Waals surface area contributed by atoms with Gasteiger partial charge < -0.3 is 4.90 Å². The normalized spacial score (nSPS) is 11.2. The lowest BCUT2D eigenvalue weighted by molar-refractivity contribution is 1.13. The van der Waals surface area contributed by atoms with E-state index in [0.29, 0.717) is 11.0 Å². The van der Waals surface area contributed by atoms with Gasteiger partial charge >= 0.3 is 0 Å². The number of aromatic nitrogens is 1. The first kappa shape index (κ1) is 15.1. The number of nitrogens with one attached hydrogen (secondary N) is 1. The Kier molecular flexibility index (Phi) is 5.35. The second-order valence-corrected chi connectivity index (χ2v) is 4.97. The Morgan fingerprint density at radius 3 is 2.57 bits per heavy atom. The van der Waals surface area contributed by atoms with E-state index in [1.165, 1.54) is 5.69 Å². The van der Waals surface area contributed by atoms with Gasteiger partial charge in [-0.1, -0.05) is 35.9 Å². The van der Waals surface area contributed by atoms with Crippen LogP contribution in [0.1, 0.15) is 5.56 Å². The van der Waals surface area contributed by atoms with Crippen LogP contribution in [0.2, 0.25) is 5.15 Å². The van der Waals surface area contributed by atoms with Crippen molar-refractivity contribution in [2.45, 2.75) is 0 Å². The lowest BCUT2D eigenvalue weighted by Crippen LogP contribution is -2.07. The standard InChI is InChI=1S/C16H17ClN4/c1-21(2)14-10-8-13(9-11-14)5-4-12-18-20-16-7-3-6-15(17)19-16/h3-12H,1-2H3,(H,19,20). The summed E-state index contributed by atoms with van der Waals surface area (Å²) in [6.07, 6.45) is 5.51. The molecule has 0 bridgehead atoms. The molecule has 0 radical (unpaired) electrons. The second kappa shape index (κ2) is 7.45. The zero-order chi connectivity index (χ0) is 15.1. The van der Waals surface area contributed by atoms with Crippen LogP contribution in [-0.2, 0) is 0 Å². The molecule has 0 fully saturated rings. The van der Waals surface area contributed by atoms with Crippen molar-refractivity contribution >= 4 is 35.4 Å². The number of anilines is 2. The van der Waals surface area contributed by atoms with Crippen LogP contribution in [0.3, 0.4) is 0 Å². The van der Waals surface area contributed by atoms with E-state index in [1.807, 2.05) is 32.3 Å². The van der Waals surface area contributed by atoms with E-state index >= 15 is 0 Å². The van der Waals surface area contributed by atoms with Gasteiger partial charge in [0.15, 0.2) is 0 Å². The highest BCUT2D eigenvalue weighted by Crippen LogP contribution is 2.13. The lowest BCUT2D eigenvalue weighted by Gasteiger charge is -2.11. The number of halogens is 1. The van der Waals surface area contributed by atoms with Crippen molar-refractivity contribution in [1.29, 1.82) is 0 Å². The smallest absolute Gasteiger partial charge is 0.147 e. The SMILES string of the molecule is CN(C)c1ccc(C=CC=NNc2cccc(Cl)n2)cc1. The summed E-state index contributed by atoms with van der Waals surface area (Å²) in [7, 11) is 4.04. The van der Waals surface area contributed by atoms with Crippen molar-refractivity contribution < 1.29 is 0 Å². The summed E-state index contributed by atoms with van der Waals surface area (Å²) >= 11 is 5.78. The highest BCUT2D eigenvalue weighted by Gasteiger charge is 1.93. The Balaban J connectivity index is 1.88. The van der Waals surface area contributed by atoms with E-state index in [-0.39, 0.29) is 0 Å². The third kappa shape index (κ3) is 4.93. The summed E-state index contributed by atoms with van der Waals surface area (Å²) in [5, 5.41) is 4.49. The summed E-state index contributed by atoms with van der Waals surface area (Å²) < 4.78 is 0. The molecule has 0 saturated heterocycles. The van der Waals surface area contributed by atoms with E-state index in [0.717, 1.165) is 5.56 Å². The van der Waals surface area contributed by atoms with E-state index in [1.54, 1.807) is 18.3 Å². The molecule has 0 aliphatic rings. The molecule has 0 spiro atoms. The molecule has 5 heteroatoms. The summed E-state index contributed by atoms with van der Waals surface area (Å²) in [6, 6.07) is 13.6.